The maximum atomic E-state index is 13.8. The second kappa shape index (κ2) is 5.30. The topological polar surface area (TPSA) is 39.9 Å². The van der Waals surface area contributed by atoms with Crippen LogP contribution >= 0.6 is 0 Å². The van der Waals surface area contributed by atoms with E-state index in [1.807, 2.05) is 24.3 Å². The van der Waals surface area contributed by atoms with Crippen molar-refractivity contribution in [1.29, 1.82) is 5.26 Å². The highest BCUT2D eigenvalue weighted by Gasteiger charge is 2.28. The Morgan fingerprint density at radius 3 is 2.80 bits per heavy atom. The van der Waals surface area contributed by atoms with Gasteiger partial charge in [0.05, 0.1) is 11.7 Å². The molecule has 0 spiro atoms. The molecular formula is C16H14FN3. The summed E-state index contributed by atoms with van der Waals surface area (Å²) in [4.78, 5) is 6.15. The van der Waals surface area contributed by atoms with E-state index in [0.717, 1.165) is 24.9 Å². The van der Waals surface area contributed by atoms with Crippen molar-refractivity contribution in [2.45, 2.75) is 18.9 Å². The third-order valence-electron chi connectivity index (χ3n) is 3.76. The summed E-state index contributed by atoms with van der Waals surface area (Å²) in [5.41, 5.74) is 1.98. The maximum absolute atomic E-state index is 13.8. The Hall–Kier alpha value is -2.41. The number of hydrogen-bond acceptors (Lipinski definition) is 3. The first kappa shape index (κ1) is 12.6. The molecule has 0 aliphatic carbocycles. The average molecular weight is 267 g/mol. The molecule has 3 nitrogen and oxygen atoms in total. The van der Waals surface area contributed by atoms with Crippen molar-refractivity contribution >= 4 is 5.69 Å². The first-order valence-electron chi connectivity index (χ1n) is 6.66. The number of aromatic nitrogens is 1. The molecule has 20 heavy (non-hydrogen) atoms. The van der Waals surface area contributed by atoms with Crippen molar-refractivity contribution in [3.8, 4) is 6.07 Å². The van der Waals surface area contributed by atoms with Gasteiger partial charge in [0.1, 0.15) is 17.4 Å². The second-order valence-electron chi connectivity index (χ2n) is 4.88. The summed E-state index contributed by atoms with van der Waals surface area (Å²) < 4.78 is 13.8. The monoisotopic (exact) mass is 267 g/mol. The van der Waals surface area contributed by atoms with E-state index in [0.29, 0.717) is 5.69 Å². The Labute approximate surface area is 117 Å². The fourth-order valence-corrected chi connectivity index (χ4v) is 2.85. The lowest BCUT2D eigenvalue weighted by Gasteiger charge is -2.28. The van der Waals surface area contributed by atoms with E-state index in [2.05, 4.69) is 9.88 Å². The molecule has 0 amide bonds. The van der Waals surface area contributed by atoms with E-state index in [-0.39, 0.29) is 11.6 Å². The van der Waals surface area contributed by atoms with Gasteiger partial charge in [0.15, 0.2) is 0 Å². The van der Waals surface area contributed by atoms with Crippen LogP contribution in [0.15, 0.2) is 42.7 Å². The molecular weight excluding hydrogens is 253 g/mol. The van der Waals surface area contributed by atoms with Crippen LogP contribution in [0.5, 0.6) is 0 Å². The molecule has 3 rings (SSSR count). The molecule has 1 aliphatic rings. The van der Waals surface area contributed by atoms with E-state index in [1.54, 1.807) is 18.5 Å². The van der Waals surface area contributed by atoms with Crippen LogP contribution in [0, 0.1) is 17.1 Å². The van der Waals surface area contributed by atoms with Gasteiger partial charge in [0, 0.05) is 18.9 Å². The van der Waals surface area contributed by atoms with E-state index < -0.39 is 5.82 Å². The second-order valence-corrected chi connectivity index (χ2v) is 4.88. The first-order valence-corrected chi connectivity index (χ1v) is 6.66. The van der Waals surface area contributed by atoms with Crippen molar-refractivity contribution in [1.82, 2.24) is 4.98 Å². The standard InChI is InChI=1S/C16H14FN3/c17-14-3-1-4-16(13(14)11-18)20-10-2-5-15(20)12-6-8-19-9-7-12/h1,3-4,6-9,15H,2,5,10H2/t15-/m0/s1. The molecule has 100 valence electrons. The van der Waals surface area contributed by atoms with Crippen molar-refractivity contribution in [3.05, 3.63) is 59.7 Å². The highest BCUT2D eigenvalue weighted by Crippen LogP contribution is 2.37. The smallest absolute Gasteiger partial charge is 0.143 e. The summed E-state index contributed by atoms with van der Waals surface area (Å²) in [6.07, 6.45) is 5.57. The molecule has 1 aliphatic heterocycles. The molecule has 0 unspecified atom stereocenters. The molecule has 1 fully saturated rings. The number of nitrogens with zero attached hydrogens (tertiary/aromatic N) is 3. The normalized spacial score (nSPS) is 18.0. The molecule has 4 heteroatoms. The molecule has 2 aromatic rings. The zero-order valence-electron chi connectivity index (χ0n) is 11.0. The van der Waals surface area contributed by atoms with Crippen LogP contribution < -0.4 is 4.90 Å². The lowest BCUT2D eigenvalue weighted by Crippen LogP contribution is -2.23. The summed E-state index contributed by atoms with van der Waals surface area (Å²) in [6, 6.07) is 10.9. The Kier molecular flexibility index (Phi) is 3.34. The quantitative estimate of drug-likeness (QED) is 0.836. The van der Waals surface area contributed by atoms with Crippen molar-refractivity contribution < 1.29 is 4.39 Å². The number of halogens is 1. The first-order chi connectivity index (χ1) is 9.81. The van der Waals surface area contributed by atoms with Crippen LogP contribution in [0.25, 0.3) is 0 Å². The zero-order valence-corrected chi connectivity index (χ0v) is 11.0. The lowest BCUT2D eigenvalue weighted by molar-refractivity contribution is 0.621. The minimum atomic E-state index is -0.453. The molecule has 1 aromatic heterocycles. The van der Waals surface area contributed by atoms with Gasteiger partial charge in [0.25, 0.3) is 0 Å². The number of anilines is 1. The Morgan fingerprint density at radius 2 is 2.05 bits per heavy atom. The number of pyridine rings is 1. The predicted molar refractivity (Wildman–Crippen MR) is 74.7 cm³/mol. The van der Waals surface area contributed by atoms with Crippen LogP contribution in [-0.2, 0) is 0 Å². The molecule has 0 bridgehead atoms. The van der Waals surface area contributed by atoms with Gasteiger partial charge in [-0.25, -0.2) is 4.39 Å². The van der Waals surface area contributed by atoms with Gasteiger partial charge in [-0.1, -0.05) is 6.07 Å². The molecule has 0 N–H and O–H groups in total. The Bertz CT molecular complexity index is 649. The number of nitriles is 1. The lowest BCUT2D eigenvalue weighted by atomic mass is 10.0. The van der Waals surface area contributed by atoms with Crippen molar-refractivity contribution in [2.75, 3.05) is 11.4 Å². The van der Waals surface area contributed by atoms with Crippen LogP contribution in [0.1, 0.15) is 30.0 Å². The fourth-order valence-electron chi connectivity index (χ4n) is 2.85. The molecule has 0 radical (unpaired) electrons. The van der Waals surface area contributed by atoms with E-state index in [1.165, 1.54) is 6.07 Å². The molecule has 1 aromatic carbocycles. The molecule has 0 saturated carbocycles. The van der Waals surface area contributed by atoms with Gasteiger partial charge >= 0.3 is 0 Å². The van der Waals surface area contributed by atoms with Gasteiger partial charge in [-0.2, -0.15) is 5.26 Å². The van der Waals surface area contributed by atoms with Crippen LogP contribution in [0.2, 0.25) is 0 Å². The average Bonchev–Trinajstić information content (AvgIpc) is 2.97. The van der Waals surface area contributed by atoms with Gasteiger partial charge in [-0.3, -0.25) is 4.98 Å². The third kappa shape index (κ3) is 2.12. The van der Waals surface area contributed by atoms with Crippen LogP contribution in [-0.4, -0.2) is 11.5 Å². The molecule has 2 heterocycles. The summed E-state index contributed by atoms with van der Waals surface area (Å²) in [5, 5.41) is 9.19. The predicted octanol–water partition coefficient (Wildman–Crippen LogP) is 3.43. The van der Waals surface area contributed by atoms with E-state index in [4.69, 9.17) is 0 Å². The van der Waals surface area contributed by atoms with E-state index in [9.17, 15) is 9.65 Å². The number of hydrogen-bond donors (Lipinski definition) is 0. The van der Waals surface area contributed by atoms with Crippen LogP contribution in [0.4, 0.5) is 10.1 Å². The largest absolute Gasteiger partial charge is 0.363 e. The van der Waals surface area contributed by atoms with Gasteiger partial charge < -0.3 is 4.90 Å². The van der Waals surface area contributed by atoms with Gasteiger partial charge in [-0.15, -0.1) is 0 Å². The van der Waals surface area contributed by atoms with Gasteiger partial charge in [0.2, 0.25) is 0 Å². The van der Waals surface area contributed by atoms with Crippen LogP contribution in [0.3, 0.4) is 0 Å². The number of rotatable bonds is 2. The minimum absolute atomic E-state index is 0.133. The van der Waals surface area contributed by atoms with Gasteiger partial charge in [-0.05, 0) is 42.7 Å². The van der Waals surface area contributed by atoms with E-state index >= 15 is 0 Å². The summed E-state index contributed by atoms with van der Waals surface area (Å²) in [6.45, 7) is 0.838. The maximum Gasteiger partial charge on any atom is 0.143 e. The SMILES string of the molecule is N#Cc1c(F)cccc1N1CCC[C@H]1c1ccncc1. The number of benzene rings is 1. The zero-order chi connectivity index (χ0) is 13.9. The van der Waals surface area contributed by atoms with Crippen molar-refractivity contribution in [3.63, 3.8) is 0 Å². The Morgan fingerprint density at radius 1 is 1.25 bits per heavy atom. The summed E-state index contributed by atoms with van der Waals surface area (Å²) in [7, 11) is 0. The molecule has 1 atom stereocenters. The highest BCUT2D eigenvalue weighted by molar-refractivity contribution is 5.61. The third-order valence-corrected chi connectivity index (χ3v) is 3.76. The highest BCUT2D eigenvalue weighted by atomic mass is 19.1. The summed E-state index contributed by atoms with van der Waals surface area (Å²) >= 11 is 0. The summed E-state index contributed by atoms with van der Waals surface area (Å²) in [5.74, 6) is -0.453. The minimum Gasteiger partial charge on any atom is -0.363 e. The Balaban J connectivity index is 2.02. The van der Waals surface area contributed by atoms with Crippen molar-refractivity contribution in [2.24, 2.45) is 0 Å². The fraction of sp³-hybridized carbons (Fsp3) is 0.250. The molecule has 1 saturated heterocycles.